The topological polar surface area (TPSA) is 99.9 Å². The Morgan fingerprint density at radius 3 is 2.82 bits per heavy atom. The fourth-order valence-electron chi connectivity index (χ4n) is 3.95. The molecule has 34 heavy (non-hydrogen) atoms. The van der Waals surface area contributed by atoms with Crippen molar-refractivity contribution < 1.29 is 9.47 Å². The van der Waals surface area contributed by atoms with Crippen molar-refractivity contribution in [1.82, 2.24) is 19.9 Å². The zero-order valence-electron chi connectivity index (χ0n) is 19.1. The van der Waals surface area contributed by atoms with Crippen molar-refractivity contribution in [3.05, 3.63) is 78.2 Å². The highest BCUT2D eigenvalue weighted by molar-refractivity contribution is 5.84. The lowest BCUT2D eigenvalue weighted by Crippen LogP contribution is -2.09. The number of hydrogen-bond donors (Lipinski definition) is 4. The van der Waals surface area contributed by atoms with Gasteiger partial charge >= 0.3 is 0 Å². The molecule has 0 bridgehead atoms. The second kappa shape index (κ2) is 10.3. The van der Waals surface area contributed by atoms with E-state index in [0.717, 1.165) is 41.0 Å². The van der Waals surface area contributed by atoms with Gasteiger partial charge in [0.25, 0.3) is 0 Å². The highest BCUT2D eigenvalue weighted by Crippen LogP contribution is 2.24. The summed E-state index contributed by atoms with van der Waals surface area (Å²) in [7, 11) is 1.67. The Bertz CT molecular complexity index is 1380. The van der Waals surface area contributed by atoms with Crippen molar-refractivity contribution in [1.29, 1.82) is 0 Å². The molecule has 0 saturated heterocycles. The number of aromatic amines is 2. The van der Waals surface area contributed by atoms with Crippen LogP contribution < -0.4 is 15.4 Å². The highest BCUT2D eigenvalue weighted by Gasteiger charge is 2.07. The van der Waals surface area contributed by atoms with Gasteiger partial charge in [0, 0.05) is 55.2 Å². The maximum Gasteiger partial charge on any atom is 0.224 e. The maximum atomic E-state index is 5.75. The highest BCUT2D eigenvalue weighted by atomic mass is 16.5. The standard InChI is InChI=1S/C26H28N6O2/c1-33-12-13-34-21-3-5-24-22(15-21)20(17-30-24)7-10-28-26-29-11-8-25(32-26)31-16-18-2-4-23-19(14-18)6-9-27-23/h2-6,8-9,11,14-15,17,27,30H,7,10,12-13,16H2,1H3,(H2,28,29,31,32). The number of ether oxygens (including phenoxy) is 2. The first-order valence-electron chi connectivity index (χ1n) is 11.4. The Kier molecular flexibility index (Phi) is 6.58. The quantitative estimate of drug-likeness (QED) is 0.214. The minimum Gasteiger partial charge on any atom is -0.491 e. The van der Waals surface area contributed by atoms with Crippen molar-refractivity contribution in [3.8, 4) is 5.75 Å². The largest absolute Gasteiger partial charge is 0.491 e. The number of benzene rings is 2. The molecule has 0 aliphatic rings. The van der Waals surface area contributed by atoms with E-state index in [9.17, 15) is 0 Å². The van der Waals surface area contributed by atoms with E-state index in [1.165, 1.54) is 16.5 Å². The van der Waals surface area contributed by atoms with Crippen LogP contribution in [-0.2, 0) is 17.7 Å². The van der Waals surface area contributed by atoms with Gasteiger partial charge in [0.1, 0.15) is 18.2 Å². The van der Waals surface area contributed by atoms with Gasteiger partial charge in [-0.1, -0.05) is 6.07 Å². The molecule has 4 N–H and O–H groups in total. The van der Waals surface area contributed by atoms with Crippen LogP contribution in [0, 0.1) is 0 Å². The molecule has 0 unspecified atom stereocenters. The van der Waals surface area contributed by atoms with Crippen molar-refractivity contribution >= 4 is 33.6 Å². The van der Waals surface area contributed by atoms with Crippen LogP contribution in [0.4, 0.5) is 11.8 Å². The minimum atomic E-state index is 0.533. The van der Waals surface area contributed by atoms with Gasteiger partial charge in [0.2, 0.25) is 5.95 Å². The summed E-state index contributed by atoms with van der Waals surface area (Å²) in [6.45, 7) is 2.51. The first-order valence-corrected chi connectivity index (χ1v) is 11.4. The molecular formula is C26H28N6O2. The van der Waals surface area contributed by atoms with Crippen LogP contribution in [0.5, 0.6) is 5.75 Å². The van der Waals surface area contributed by atoms with E-state index in [-0.39, 0.29) is 0 Å². The summed E-state index contributed by atoms with van der Waals surface area (Å²) in [5.41, 5.74) is 4.65. The summed E-state index contributed by atoms with van der Waals surface area (Å²) in [4.78, 5) is 15.5. The molecule has 8 heteroatoms. The molecule has 3 aromatic heterocycles. The normalized spacial score (nSPS) is 11.2. The second-order valence-electron chi connectivity index (χ2n) is 8.06. The average molecular weight is 457 g/mol. The van der Waals surface area contributed by atoms with Gasteiger partial charge in [-0.25, -0.2) is 4.98 Å². The molecule has 5 rings (SSSR count). The molecule has 174 valence electrons. The molecule has 0 amide bonds. The van der Waals surface area contributed by atoms with Crippen molar-refractivity contribution in [3.63, 3.8) is 0 Å². The Labute approximate surface area is 197 Å². The molecule has 5 aromatic rings. The maximum absolute atomic E-state index is 5.75. The monoisotopic (exact) mass is 456 g/mol. The van der Waals surface area contributed by atoms with Crippen molar-refractivity contribution in [2.24, 2.45) is 0 Å². The first-order chi connectivity index (χ1) is 16.8. The molecule has 0 aliphatic carbocycles. The number of H-pyrrole nitrogens is 2. The van der Waals surface area contributed by atoms with E-state index >= 15 is 0 Å². The van der Waals surface area contributed by atoms with Crippen LogP contribution in [0.2, 0.25) is 0 Å². The van der Waals surface area contributed by atoms with E-state index in [2.05, 4.69) is 60.9 Å². The smallest absolute Gasteiger partial charge is 0.224 e. The van der Waals surface area contributed by atoms with E-state index in [1.54, 1.807) is 13.3 Å². The van der Waals surface area contributed by atoms with Gasteiger partial charge in [-0.05, 0) is 65.4 Å². The summed E-state index contributed by atoms with van der Waals surface area (Å²) in [5.74, 6) is 2.24. The molecule has 2 aromatic carbocycles. The van der Waals surface area contributed by atoms with Crippen molar-refractivity contribution in [2.75, 3.05) is 37.5 Å². The minimum absolute atomic E-state index is 0.533. The summed E-state index contributed by atoms with van der Waals surface area (Å²) in [6.07, 6.45) is 6.60. The average Bonchev–Trinajstić information content (AvgIpc) is 3.50. The summed E-state index contributed by atoms with van der Waals surface area (Å²) < 4.78 is 10.8. The summed E-state index contributed by atoms with van der Waals surface area (Å²) >= 11 is 0. The Morgan fingerprint density at radius 1 is 0.941 bits per heavy atom. The summed E-state index contributed by atoms with van der Waals surface area (Å²) in [5, 5.41) is 9.08. The Hall–Kier alpha value is -4.04. The Morgan fingerprint density at radius 2 is 1.88 bits per heavy atom. The number of aromatic nitrogens is 4. The number of rotatable bonds is 11. The number of fused-ring (bicyclic) bond motifs is 2. The molecular weight excluding hydrogens is 428 g/mol. The predicted octanol–water partition coefficient (Wildman–Crippen LogP) is 4.73. The molecule has 0 saturated carbocycles. The van der Waals surface area contributed by atoms with Gasteiger partial charge in [-0.15, -0.1) is 0 Å². The molecule has 8 nitrogen and oxygen atoms in total. The van der Waals surface area contributed by atoms with E-state index < -0.39 is 0 Å². The number of nitrogens with one attached hydrogen (secondary N) is 4. The van der Waals surface area contributed by atoms with Gasteiger partial charge in [0.05, 0.1) is 6.61 Å². The van der Waals surface area contributed by atoms with Gasteiger partial charge < -0.3 is 30.1 Å². The van der Waals surface area contributed by atoms with Gasteiger partial charge in [-0.3, -0.25) is 0 Å². The molecule has 0 aliphatic heterocycles. The van der Waals surface area contributed by atoms with Crippen molar-refractivity contribution in [2.45, 2.75) is 13.0 Å². The number of anilines is 2. The first kappa shape index (κ1) is 21.8. The lowest BCUT2D eigenvalue weighted by Gasteiger charge is -2.09. The third-order valence-corrected chi connectivity index (χ3v) is 5.72. The fraction of sp³-hybridized carbons (Fsp3) is 0.231. The van der Waals surface area contributed by atoms with Gasteiger partial charge in [0.15, 0.2) is 0 Å². The lowest BCUT2D eigenvalue weighted by molar-refractivity contribution is 0.146. The number of nitrogens with zero attached hydrogens (tertiary/aromatic N) is 2. The SMILES string of the molecule is COCCOc1ccc2[nH]cc(CCNc3nccc(NCc4ccc5[nH]ccc5c4)n3)c2c1. The van der Waals surface area contributed by atoms with E-state index in [0.29, 0.717) is 25.7 Å². The lowest BCUT2D eigenvalue weighted by atomic mass is 10.1. The third-order valence-electron chi connectivity index (χ3n) is 5.72. The van der Waals surface area contributed by atoms with Crippen LogP contribution in [0.15, 0.2) is 67.1 Å². The van der Waals surface area contributed by atoms with Crippen LogP contribution >= 0.6 is 0 Å². The van der Waals surface area contributed by atoms with Gasteiger partial charge in [-0.2, -0.15) is 4.98 Å². The zero-order chi connectivity index (χ0) is 23.2. The molecule has 0 fully saturated rings. The second-order valence-corrected chi connectivity index (χ2v) is 8.06. The Balaban J connectivity index is 1.16. The summed E-state index contributed by atoms with van der Waals surface area (Å²) in [6, 6.07) is 16.4. The van der Waals surface area contributed by atoms with Crippen LogP contribution in [-0.4, -0.2) is 46.8 Å². The van der Waals surface area contributed by atoms with E-state index in [4.69, 9.17) is 9.47 Å². The van der Waals surface area contributed by atoms with Crippen LogP contribution in [0.25, 0.3) is 21.8 Å². The molecule has 0 radical (unpaired) electrons. The van der Waals surface area contributed by atoms with E-state index in [1.807, 2.05) is 30.6 Å². The van der Waals surface area contributed by atoms with Crippen LogP contribution in [0.3, 0.4) is 0 Å². The number of hydrogen-bond acceptors (Lipinski definition) is 6. The molecule has 3 heterocycles. The zero-order valence-corrected chi connectivity index (χ0v) is 19.1. The molecule has 0 atom stereocenters. The van der Waals surface area contributed by atoms with Crippen LogP contribution in [0.1, 0.15) is 11.1 Å². The fourth-order valence-corrected chi connectivity index (χ4v) is 3.95. The predicted molar refractivity (Wildman–Crippen MR) is 136 cm³/mol. The molecule has 0 spiro atoms. The number of methoxy groups -OCH3 is 1. The third kappa shape index (κ3) is 5.13.